The highest BCUT2D eigenvalue weighted by Gasteiger charge is 2.52. The number of nitrogens with zero attached hydrogens (tertiary/aromatic N) is 1. The third-order valence-electron chi connectivity index (χ3n) is 4.78. The van der Waals surface area contributed by atoms with Crippen molar-refractivity contribution in [3.8, 4) is 5.75 Å². The van der Waals surface area contributed by atoms with E-state index in [4.69, 9.17) is 4.74 Å². The number of benzene rings is 1. The Morgan fingerprint density at radius 3 is 2.76 bits per heavy atom. The largest absolute Gasteiger partial charge is 0.484 e. The predicted molar refractivity (Wildman–Crippen MR) is 90.7 cm³/mol. The van der Waals surface area contributed by atoms with Crippen molar-refractivity contribution in [1.82, 2.24) is 15.8 Å². The zero-order chi connectivity index (χ0) is 17.9. The maximum absolute atomic E-state index is 12.6. The van der Waals surface area contributed by atoms with Crippen LogP contribution in [0.5, 0.6) is 5.75 Å². The quantitative estimate of drug-likeness (QED) is 0.798. The normalized spacial score (nSPS) is 19.0. The molecule has 25 heavy (non-hydrogen) atoms. The second kappa shape index (κ2) is 7.13. The Bertz CT molecular complexity index is 683. The van der Waals surface area contributed by atoms with Crippen LogP contribution < -0.4 is 15.5 Å². The highest BCUT2D eigenvalue weighted by molar-refractivity contribution is 6.08. The summed E-state index contributed by atoms with van der Waals surface area (Å²) in [6, 6.07) is 6.88. The van der Waals surface area contributed by atoms with Gasteiger partial charge in [-0.15, -0.1) is 0 Å². The zero-order valence-electron chi connectivity index (χ0n) is 14.3. The molecule has 0 aromatic heterocycles. The van der Waals surface area contributed by atoms with Gasteiger partial charge in [0.2, 0.25) is 0 Å². The number of hydrogen-bond donors (Lipinski definition) is 2. The van der Waals surface area contributed by atoms with Gasteiger partial charge >= 0.3 is 6.03 Å². The van der Waals surface area contributed by atoms with Crippen LogP contribution in [-0.2, 0) is 16.0 Å². The zero-order valence-corrected chi connectivity index (χ0v) is 14.3. The molecule has 134 valence electrons. The van der Waals surface area contributed by atoms with Gasteiger partial charge in [-0.2, -0.15) is 5.01 Å². The molecule has 4 amide bonds. The van der Waals surface area contributed by atoms with Gasteiger partial charge in [0.1, 0.15) is 11.3 Å². The standard InChI is InChI=1S/C18H23N3O4/c1-2-13-7-6-8-14(11-13)25-12-15(22)20-21-16(23)18(19-17(21)24)9-4-3-5-10-18/h6-8,11H,2-5,9-10,12H2,1H3,(H,19,24)(H,20,22). The molecule has 1 aromatic carbocycles. The number of nitrogens with one attached hydrogen (secondary N) is 2. The highest BCUT2D eigenvalue weighted by Crippen LogP contribution is 2.32. The van der Waals surface area contributed by atoms with Crippen LogP contribution in [0.15, 0.2) is 24.3 Å². The van der Waals surface area contributed by atoms with Crippen LogP contribution in [0.1, 0.15) is 44.6 Å². The Morgan fingerprint density at radius 2 is 2.04 bits per heavy atom. The van der Waals surface area contributed by atoms with Crippen LogP contribution in [0.2, 0.25) is 0 Å². The van der Waals surface area contributed by atoms with Gasteiger partial charge in [0.25, 0.3) is 11.8 Å². The summed E-state index contributed by atoms with van der Waals surface area (Å²) in [7, 11) is 0. The first-order chi connectivity index (χ1) is 12.0. The van der Waals surface area contributed by atoms with Crippen molar-refractivity contribution >= 4 is 17.8 Å². The summed E-state index contributed by atoms with van der Waals surface area (Å²) in [4.78, 5) is 36.7. The van der Waals surface area contributed by atoms with Gasteiger partial charge in [0.15, 0.2) is 6.61 Å². The molecule has 1 aromatic rings. The van der Waals surface area contributed by atoms with Crippen molar-refractivity contribution in [3.05, 3.63) is 29.8 Å². The minimum Gasteiger partial charge on any atom is -0.484 e. The first-order valence-corrected chi connectivity index (χ1v) is 8.72. The molecular weight excluding hydrogens is 322 g/mol. The predicted octanol–water partition coefficient (Wildman–Crippen LogP) is 1.91. The van der Waals surface area contributed by atoms with Crippen molar-refractivity contribution < 1.29 is 19.1 Å². The number of carbonyl (C=O) groups is 3. The van der Waals surface area contributed by atoms with Gasteiger partial charge in [-0.3, -0.25) is 15.0 Å². The number of hydrogen-bond acceptors (Lipinski definition) is 4. The summed E-state index contributed by atoms with van der Waals surface area (Å²) in [5, 5.41) is 3.54. The molecule has 1 saturated heterocycles. The lowest BCUT2D eigenvalue weighted by Crippen LogP contribution is -2.51. The molecule has 7 heteroatoms. The molecule has 2 N–H and O–H groups in total. The summed E-state index contributed by atoms with van der Waals surface area (Å²) < 4.78 is 5.45. The van der Waals surface area contributed by atoms with Gasteiger partial charge in [-0.05, 0) is 37.0 Å². The Hall–Kier alpha value is -2.57. The molecule has 1 aliphatic carbocycles. The van der Waals surface area contributed by atoms with E-state index in [0.29, 0.717) is 18.6 Å². The van der Waals surface area contributed by atoms with Crippen molar-refractivity contribution in [1.29, 1.82) is 0 Å². The average Bonchev–Trinajstić information content (AvgIpc) is 2.85. The summed E-state index contributed by atoms with van der Waals surface area (Å²) >= 11 is 0. The number of hydrazine groups is 1. The van der Waals surface area contributed by atoms with E-state index in [9.17, 15) is 14.4 Å². The molecule has 1 heterocycles. The lowest BCUT2D eigenvalue weighted by molar-refractivity contribution is -0.140. The Morgan fingerprint density at radius 1 is 1.28 bits per heavy atom. The number of aryl methyl sites for hydroxylation is 1. The monoisotopic (exact) mass is 345 g/mol. The fourth-order valence-electron chi connectivity index (χ4n) is 3.38. The molecule has 0 radical (unpaired) electrons. The van der Waals surface area contributed by atoms with E-state index in [0.717, 1.165) is 36.3 Å². The van der Waals surface area contributed by atoms with Gasteiger partial charge in [-0.25, -0.2) is 4.79 Å². The van der Waals surface area contributed by atoms with E-state index in [1.54, 1.807) is 6.07 Å². The molecule has 0 atom stereocenters. The molecule has 1 aliphatic heterocycles. The summed E-state index contributed by atoms with van der Waals surface area (Å²) in [5.74, 6) is -0.341. The number of ether oxygens (including phenoxy) is 1. The number of carbonyl (C=O) groups excluding carboxylic acids is 3. The van der Waals surface area contributed by atoms with Crippen LogP contribution in [0.4, 0.5) is 4.79 Å². The number of urea groups is 1. The molecule has 0 unspecified atom stereocenters. The van der Waals surface area contributed by atoms with E-state index in [2.05, 4.69) is 10.7 Å². The van der Waals surface area contributed by atoms with Gasteiger partial charge in [-0.1, -0.05) is 38.3 Å². The number of amides is 4. The van der Waals surface area contributed by atoms with E-state index in [-0.39, 0.29) is 12.5 Å². The van der Waals surface area contributed by atoms with Crippen LogP contribution >= 0.6 is 0 Å². The molecule has 2 fully saturated rings. The molecule has 1 spiro atoms. The molecular formula is C18H23N3O4. The Kier molecular flexibility index (Phi) is 4.92. The van der Waals surface area contributed by atoms with Crippen LogP contribution in [0.3, 0.4) is 0 Å². The van der Waals surface area contributed by atoms with Crippen molar-refractivity contribution in [3.63, 3.8) is 0 Å². The third kappa shape index (κ3) is 3.60. The first-order valence-electron chi connectivity index (χ1n) is 8.72. The maximum atomic E-state index is 12.6. The smallest absolute Gasteiger partial charge is 0.344 e. The first kappa shape index (κ1) is 17.3. The average molecular weight is 345 g/mol. The summed E-state index contributed by atoms with van der Waals surface area (Å²) in [5.41, 5.74) is 2.61. The second-order valence-electron chi connectivity index (χ2n) is 6.54. The fraction of sp³-hybridized carbons (Fsp3) is 0.500. The van der Waals surface area contributed by atoms with Crippen molar-refractivity contribution in [2.75, 3.05) is 6.61 Å². The lowest BCUT2D eigenvalue weighted by Gasteiger charge is -2.30. The maximum Gasteiger partial charge on any atom is 0.344 e. The lowest BCUT2D eigenvalue weighted by atomic mass is 9.82. The van der Waals surface area contributed by atoms with Crippen molar-refractivity contribution in [2.24, 2.45) is 0 Å². The Balaban J connectivity index is 1.57. The highest BCUT2D eigenvalue weighted by atomic mass is 16.5. The van der Waals surface area contributed by atoms with Gasteiger partial charge < -0.3 is 10.1 Å². The Labute approximate surface area is 146 Å². The molecule has 1 saturated carbocycles. The van der Waals surface area contributed by atoms with E-state index in [1.165, 1.54) is 0 Å². The number of imide groups is 1. The number of rotatable bonds is 5. The van der Waals surface area contributed by atoms with Crippen LogP contribution in [0.25, 0.3) is 0 Å². The van der Waals surface area contributed by atoms with Crippen LogP contribution in [0, 0.1) is 0 Å². The van der Waals surface area contributed by atoms with Crippen molar-refractivity contribution in [2.45, 2.75) is 51.0 Å². The summed E-state index contributed by atoms with van der Waals surface area (Å²) in [6.45, 7) is 1.77. The second-order valence-corrected chi connectivity index (χ2v) is 6.54. The topological polar surface area (TPSA) is 87.7 Å². The van der Waals surface area contributed by atoms with E-state index in [1.807, 2.05) is 25.1 Å². The molecule has 3 rings (SSSR count). The minimum atomic E-state index is -0.848. The SMILES string of the molecule is CCc1cccc(OCC(=O)NN2C(=O)NC3(CCCCC3)C2=O)c1. The molecule has 0 bridgehead atoms. The van der Waals surface area contributed by atoms with Crippen LogP contribution in [-0.4, -0.2) is 35.0 Å². The minimum absolute atomic E-state index is 0.267. The fourth-order valence-corrected chi connectivity index (χ4v) is 3.38. The molecule has 7 nitrogen and oxygen atoms in total. The third-order valence-corrected chi connectivity index (χ3v) is 4.78. The molecule has 2 aliphatic rings. The van der Waals surface area contributed by atoms with E-state index < -0.39 is 17.5 Å². The van der Waals surface area contributed by atoms with E-state index >= 15 is 0 Å². The van der Waals surface area contributed by atoms with Gasteiger partial charge in [0, 0.05) is 0 Å². The van der Waals surface area contributed by atoms with Gasteiger partial charge in [0.05, 0.1) is 0 Å². The summed E-state index contributed by atoms with van der Waals surface area (Å²) in [6.07, 6.45) is 4.94.